The fourth-order valence-corrected chi connectivity index (χ4v) is 3.75. The topological polar surface area (TPSA) is 95.0 Å². The van der Waals surface area contributed by atoms with Crippen LogP contribution in [0.1, 0.15) is 36.7 Å². The third-order valence-electron chi connectivity index (χ3n) is 4.71. The van der Waals surface area contributed by atoms with Crippen LogP contribution in [0.5, 0.6) is 0 Å². The third-order valence-corrected chi connectivity index (χ3v) is 5.10. The second kappa shape index (κ2) is 8.86. The van der Waals surface area contributed by atoms with E-state index in [0.29, 0.717) is 24.1 Å². The van der Waals surface area contributed by atoms with Gasteiger partial charge in [-0.2, -0.15) is 10.4 Å². The minimum absolute atomic E-state index is 0.251. The molecule has 1 N–H and O–H groups in total. The molecule has 0 aromatic carbocycles. The maximum absolute atomic E-state index is 9.14. The van der Waals surface area contributed by atoms with E-state index in [1.807, 2.05) is 20.2 Å². The summed E-state index contributed by atoms with van der Waals surface area (Å²) in [5, 5.41) is 18.4. The maximum Gasteiger partial charge on any atom is 0.214 e. The van der Waals surface area contributed by atoms with Crippen LogP contribution in [-0.2, 0) is 13.6 Å². The Morgan fingerprint density at radius 1 is 1.27 bits per heavy atom. The van der Waals surface area contributed by atoms with Gasteiger partial charge in [-0.1, -0.05) is 37.0 Å². The van der Waals surface area contributed by atoms with Crippen molar-refractivity contribution in [3.63, 3.8) is 0 Å². The Morgan fingerprint density at radius 2 is 1.93 bits per heavy atom. The fourth-order valence-electron chi connectivity index (χ4n) is 3.30. The van der Waals surface area contributed by atoms with Crippen LogP contribution >= 0.6 is 23.2 Å². The first-order valence-corrected chi connectivity index (χ1v) is 10.1. The molecular formula is C20H22Cl2N8. The Labute approximate surface area is 185 Å². The standard InChI is InChI=1S/C20H22Cl2N8/c1-11(2)15-6-13(26-19-18(15)12(3)28-30(19)5)9-24-20(25-10-23)29(4)14-7-16(21)27-17(22)8-14/h6-8,11H,9H2,1-5H3,(H,24,25). The zero-order chi connectivity index (χ0) is 22.0. The molecule has 8 nitrogen and oxygen atoms in total. The number of fused-ring (bicyclic) bond motifs is 1. The zero-order valence-electron chi connectivity index (χ0n) is 17.4. The summed E-state index contributed by atoms with van der Waals surface area (Å²) in [5.74, 6) is 0.651. The van der Waals surface area contributed by atoms with Gasteiger partial charge in [0, 0.05) is 25.2 Å². The van der Waals surface area contributed by atoms with Crippen molar-refractivity contribution in [2.45, 2.75) is 33.2 Å². The normalized spacial score (nSPS) is 11.8. The highest BCUT2D eigenvalue weighted by Crippen LogP contribution is 2.28. The summed E-state index contributed by atoms with van der Waals surface area (Å²) in [7, 11) is 3.64. The highest BCUT2D eigenvalue weighted by molar-refractivity contribution is 6.33. The lowest BCUT2D eigenvalue weighted by Crippen LogP contribution is -2.38. The van der Waals surface area contributed by atoms with Crippen molar-refractivity contribution < 1.29 is 0 Å². The second-order valence-corrected chi connectivity index (χ2v) is 7.96. The predicted molar refractivity (Wildman–Crippen MR) is 120 cm³/mol. The van der Waals surface area contributed by atoms with Crippen molar-refractivity contribution >= 4 is 45.9 Å². The molecule has 10 heteroatoms. The van der Waals surface area contributed by atoms with Crippen molar-refractivity contribution in [2.75, 3.05) is 11.9 Å². The maximum atomic E-state index is 9.14. The molecule has 0 saturated heterocycles. The number of nitriles is 1. The van der Waals surface area contributed by atoms with Crippen molar-refractivity contribution in [1.82, 2.24) is 25.1 Å². The Bertz CT molecular complexity index is 1140. The number of nitrogens with one attached hydrogen (secondary N) is 1. The van der Waals surface area contributed by atoms with Crippen LogP contribution in [0.3, 0.4) is 0 Å². The Balaban J connectivity index is 1.91. The van der Waals surface area contributed by atoms with Crippen LogP contribution < -0.4 is 10.2 Å². The Hall–Kier alpha value is -2.89. The molecule has 0 amide bonds. The molecule has 0 aliphatic heterocycles. The summed E-state index contributed by atoms with van der Waals surface area (Å²) in [4.78, 5) is 14.3. The molecule has 156 valence electrons. The number of hydrogen-bond donors (Lipinski definition) is 1. The molecule has 0 fully saturated rings. The molecule has 0 aliphatic carbocycles. The monoisotopic (exact) mass is 444 g/mol. The third kappa shape index (κ3) is 4.48. The van der Waals surface area contributed by atoms with E-state index in [9.17, 15) is 0 Å². The highest BCUT2D eigenvalue weighted by Gasteiger charge is 2.17. The van der Waals surface area contributed by atoms with Gasteiger partial charge in [-0.25, -0.2) is 9.97 Å². The SMILES string of the molecule is Cc1nn(C)c2nc(CN/C(=N\C#N)N(C)c3cc(Cl)nc(Cl)c3)cc(C(C)C)c12. The van der Waals surface area contributed by atoms with Gasteiger partial charge < -0.3 is 10.2 Å². The molecule has 0 aliphatic rings. The van der Waals surface area contributed by atoms with Crippen LogP contribution in [0.15, 0.2) is 23.2 Å². The molecule has 3 aromatic heterocycles. The molecule has 3 rings (SSSR count). The molecule has 30 heavy (non-hydrogen) atoms. The molecule has 0 unspecified atom stereocenters. The lowest BCUT2D eigenvalue weighted by Gasteiger charge is -2.22. The first-order valence-electron chi connectivity index (χ1n) is 9.31. The zero-order valence-corrected chi connectivity index (χ0v) is 18.9. The largest absolute Gasteiger partial charge is 0.349 e. The summed E-state index contributed by atoms with van der Waals surface area (Å²) in [6, 6.07) is 5.35. The van der Waals surface area contributed by atoms with Crippen molar-refractivity contribution in [3.8, 4) is 6.19 Å². The minimum atomic E-state index is 0.251. The van der Waals surface area contributed by atoms with Crippen LogP contribution in [0.4, 0.5) is 5.69 Å². The number of aliphatic imine (C=N–C) groups is 1. The van der Waals surface area contributed by atoms with E-state index in [-0.39, 0.29) is 10.3 Å². The lowest BCUT2D eigenvalue weighted by molar-refractivity contribution is 0.766. The Morgan fingerprint density at radius 3 is 2.53 bits per heavy atom. The number of guanidine groups is 1. The molecule has 0 bridgehead atoms. The van der Waals surface area contributed by atoms with Crippen molar-refractivity contribution in [2.24, 2.45) is 12.0 Å². The number of pyridine rings is 2. The molecular weight excluding hydrogens is 423 g/mol. The van der Waals surface area contributed by atoms with Crippen molar-refractivity contribution in [3.05, 3.63) is 45.5 Å². The van der Waals surface area contributed by atoms with Gasteiger partial charge in [0.1, 0.15) is 10.3 Å². The van der Waals surface area contributed by atoms with E-state index in [0.717, 1.165) is 22.4 Å². The summed E-state index contributed by atoms with van der Waals surface area (Å²) in [6.07, 6.45) is 1.82. The first-order chi connectivity index (χ1) is 14.2. The van der Waals surface area contributed by atoms with E-state index >= 15 is 0 Å². The number of rotatable bonds is 4. The van der Waals surface area contributed by atoms with Gasteiger partial charge in [0.15, 0.2) is 5.65 Å². The molecule has 0 atom stereocenters. The lowest BCUT2D eigenvalue weighted by atomic mass is 9.99. The molecule has 0 saturated carbocycles. The van der Waals surface area contributed by atoms with Crippen LogP contribution in [-0.4, -0.2) is 32.8 Å². The fraction of sp³-hybridized carbons (Fsp3) is 0.350. The van der Waals surface area contributed by atoms with Gasteiger partial charge in [0.05, 0.1) is 17.9 Å². The highest BCUT2D eigenvalue weighted by atomic mass is 35.5. The van der Waals surface area contributed by atoms with Crippen LogP contribution in [0.25, 0.3) is 11.0 Å². The summed E-state index contributed by atoms with van der Waals surface area (Å²) < 4.78 is 1.79. The summed E-state index contributed by atoms with van der Waals surface area (Å²) in [6.45, 7) is 6.65. The number of nitrogens with zero attached hydrogens (tertiary/aromatic N) is 7. The summed E-state index contributed by atoms with van der Waals surface area (Å²) >= 11 is 12.0. The van der Waals surface area contributed by atoms with E-state index in [2.05, 4.69) is 40.3 Å². The second-order valence-electron chi connectivity index (χ2n) is 7.18. The molecule has 3 aromatic rings. The van der Waals surface area contributed by atoms with E-state index < -0.39 is 0 Å². The average Bonchev–Trinajstić information content (AvgIpc) is 2.97. The van der Waals surface area contributed by atoms with Gasteiger partial charge in [-0.05, 0) is 36.6 Å². The first kappa shape index (κ1) is 21.8. The number of aryl methyl sites for hydroxylation is 2. The Kier molecular flexibility index (Phi) is 6.44. The quantitative estimate of drug-likeness (QED) is 0.280. The van der Waals surface area contributed by atoms with Gasteiger partial charge in [-0.3, -0.25) is 4.68 Å². The van der Waals surface area contributed by atoms with E-state index in [4.69, 9.17) is 33.4 Å². The molecule has 0 spiro atoms. The average molecular weight is 445 g/mol. The smallest absolute Gasteiger partial charge is 0.214 e. The van der Waals surface area contributed by atoms with Gasteiger partial charge in [0.25, 0.3) is 0 Å². The summed E-state index contributed by atoms with van der Waals surface area (Å²) in [5.41, 5.74) is 4.44. The number of hydrogen-bond acceptors (Lipinski definition) is 5. The van der Waals surface area contributed by atoms with E-state index in [1.165, 1.54) is 5.56 Å². The van der Waals surface area contributed by atoms with E-state index in [1.54, 1.807) is 28.8 Å². The van der Waals surface area contributed by atoms with Crippen molar-refractivity contribution in [1.29, 1.82) is 5.26 Å². The van der Waals surface area contributed by atoms with Gasteiger partial charge in [0.2, 0.25) is 12.2 Å². The van der Waals surface area contributed by atoms with Gasteiger partial charge >= 0.3 is 0 Å². The minimum Gasteiger partial charge on any atom is -0.349 e. The number of halogens is 2. The molecule has 0 radical (unpaired) electrons. The number of aromatic nitrogens is 4. The predicted octanol–water partition coefficient (Wildman–Crippen LogP) is 4.17. The molecule has 3 heterocycles. The van der Waals surface area contributed by atoms with Crippen LogP contribution in [0.2, 0.25) is 10.3 Å². The number of anilines is 1. The van der Waals surface area contributed by atoms with Gasteiger partial charge in [-0.15, -0.1) is 4.99 Å². The van der Waals surface area contributed by atoms with Crippen LogP contribution in [0, 0.1) is 18.4 Å².